The molecule has 0 bridgehead atoms. The highest BCUT2D eigenvalue weighted by atomic mass is 32.2. The Hall–Kier alpha value is -1.18. The van der Waals surface area contributed by atoms with Crippen molar-refractivity contribution in [2.24, 2.45) is 0 Å². The molecule has 122 valence electrons. The maximum absolute atomic E-state index is 12.9. The number of piperazine rings is 1. The molecule has 2 aliphatic heterocycles. The molecule has 6 nitrogen and oxygen atoms in total. The summed E-state index contributed by atoms with van der Waals surface area (Å²) in [6.07, 6.45) is 3.64. The van der Waals surface area contributed by atoms with Gasteiger partial charge in [-0.25, -0.2) is 4.98 Å². The molecular weight excluding hydrogens is 300 g/mol. The second kappa shape index (κ2) is 5.79. The van der Waals surface area contributed by atoms with Gasteiger partial charge in [0.05, 0.1) is 0 Å². The van der Waals surface area contributed by atoms with Crippen molar-refractivity contribution in [3.63, 3.8) is 0 Å². The predicted octanol–water partition coefficient (Wildman–Crippen LogP) is 1.32. The van der Waals surface area contributed by atoms with E-state index in [1.165, 1.54) is 0 Å². The molecule has 0 aromatic carbocycles. The van der Waals surface area contributed by atoms with E-state index in [2.05, 4.69) is 9.88 Å². The van der Waals surface area contributed by atoms with Gasteiger partial charge in [-0.2, -0.15) is 17.0 Å². The third-order valence-corrected chi connectivity index (χ3v) is 6.89. The van der Waals surface area contributed by atoms with Gasteiger partial charge < -0.3 is 4.90 Å². The van der Waals surface area contributed by atoms with Gasteiger partial charge in [-0.1, -0.05) is 6.07 Å². The molecule has 7 heteroatoms. The van der Waals surface area contributed by atoms with E-state index in [4.69, 9.17) is 0 Å². The van der Waals surface area contributed by atoms with Crippen LogP contribution in [0.5, 0.6) is 0 Å². The average molecular weight is 324 g/mol. The summed E-state index contributed by atoms with van der Waals surface area (Å²) in [6.45, 7) is 7.07. The van der Waals surface area contributed by atoms with Crippen molar-refractivity contribution in [2.75, 3.05) is 37.6 Å². The quantitative estimate of drug-likeness (QED) is 0.841. The molecule has 22 heavy (non-hydrogen) atoms. The first kappa shape index (κ1) is 15.7. The van der Waals surface area contributed by atoms with Crippen LogP contribution in [0.3, 0.4) is 0 Å². The number of hydrogen-bond donors (Lipinski definition) is 0. The summed E-state index contributed by atoms with van der Waals surface area (Å²) in [7, 11) is -3.36. The molecule has 1 aromatic heterocycles. The second-order valence-electron chi connectivity index (χ2n) is 6.57. The molecule has 0 saturated carbocycles. The molecule has 0 radical (unpaired) electrons. The molecule has 2 aliphatic rings. The summed E-state index contributed by atoms with van der Waals surface area (Å²) in [5.41, 5.74) is -0.267. The van der Waals surface area contributed by atoms with Crippen LogP contribution >= 0.6 is 0 Å². The van der Waals surface area contributed by atoms with Crippen LogP contribution in [0.1, 0.15) is 26.7 Å². The lowest BCUT2D eigenvalue weighted by atomic mass is 10.0. The fourth-order valence-electron chi connectivity index (χ4n) is 3.34. The van der Waals surface area contributed by atoms with E-state index >= 15 is 0 Å². The molecule has 3 rings (SSSR count). The van der Waals surface area contributed by atoms with E-state index in [1.54, 1.807) is 14.8 Å². The van der Waals surface area contributed by atoms with Crippen LogP contribution in [-0.4, -0.2) is 60.3 Å². The van der Waals surface area contributed by atoms with E-state index in [1.807, 2.05) is 32.0 Å². The molecule has 2 fully saturated rings. The van der Waals surface area contributed by atoms with Gasteiger partial charge in [0.2, 0.25) is 0 Å². The first-order valence-electron chi connectivity index (χ1n) is 7.85. The Kier molecular flexibility index (Phi) is 4.13. The van der Waals surface area contributed by atoms with Crippen LogP contribution in [0.2, 0.25) is 0 Å². The minimum atomic E-state index is -3.36. The van der Waals surface area contributed by atoms with E-state index in [9.17, 15) is 8.42 Å². The molecular formula is C15H24N4O2S. The Labute approximate surface area is 132 Å². The molecule has 1 aromatic rings. The molecule has 3 heterocycles. The molecule has 0 N–H and O–H groups in total. The lowest BCUT2D eigenvalue weighted by Gasteiger charge is -2.39. The minimum Gasteiger partial charge on any atom is -0.354 e. The first-order chi connectivity index (χ1) is 10.4. The fourth-order valence-corrected chi connectivity index (χ4v) is 5.32. The maximum atomic E-state index is 12.9. The number of rotatable bonds is 3. The first-order valence-corrected chi connectivity index (χ1v) is 9.25. The van der Waals surface area contributed by atoms with Gasteiger partial charge in [-0.05, 0) is 38.8 Å². The van der Waals surface area contributed by atoms with Gasteiger partial charge in [-0.3, -0.25) is 0 Å². The highest BCUT2D eigenvalue weighted by Gasteiger charge is 2.43. The van der Waals surface area contributed by atoms with E-state index in [-0.39, 0.29) is 5.54 Å². The zero-order valence-electron chi connectivity index (χ0n) is 13.3. The van der Waals surface area contributed by atoms with Crippen molar-refractivity contribution in [3.8, 4) is 0 Å². The normalized spacial score (nSPS) is 23.8. The average Bonchev–Trinajstić information content (AvgIpc) is 2.88. The summed E-state index contributed by atoms with van der Waals surface area (Å²) in [5.74, 6) is 0.918. The number of anilines is 1. The van der Waals surface area contributed by atoms with Crippen molar-refractivity contribution in [3.05, 3.63) is 24.4 Å². The van der Waals surface area contributed by atoms with Crippen molar-refractivity contribution >= 4 is 16.0 Å². The monoisotopic (exact) mass is 324 g/mol. The van der Waals surface area contributed by atoms with Crippen LogP contribution in [0, 0.1) is 0 Å². The number of aromatic nitrogens is 1. The third kappa shape index (κ3) is 2.85. The standard InChI is InChI=1S/C15H24N4O2S/c1-15(2)7-5-9-19(15)22(20,21)18-12-10-17(11-13-18)14-6-3-4-8-16-14/h3-4,6,8H,5,7,9-13H2,1-2H3. The Morgan fingerprint density at radius 3 is 2.36 bits per heavy atom. The number of pyridine rings is 1. The zero-order valence-corrected chi connectivity index (χ0v) is 14.1. The van der Waals surface area contributed by atoms with Gasteiger partial charge >= 0.3 is 0 Å². The van der Waals surface area contributed by atoms with E-state index in [0.717, 1.165) is 18.7 Å². The molecule has 0 atom stereocenters. The summed E-state index contributed by atoms with van der Waals surface area (Å²) in [5, 5.41) is 0. The Bertz CT molecular complexity index is 610. The third-order valence-electron chi connectivity index (χ3n) is 4.64. The topological polar surface area (TPSA) is 56.8 Å². The Balaban J connectivity index is 1.68. The van der Waals surface area contributed by atoms with Gasteiger partial charge in [0.15, 0.2) is 0 Å². The van der Waals surface area contributed by atoms with Crippen molar-refractivity contribution in [1.29, 1.82) is 0 Å². The van der Waals surface area contributed by atoms with Crippen molar-refractivity contribution < 1.29 is 8.42 Å². The summed E-state index contributed by atoms with van der Waals surface area (Å²) in [4.78, 5) is 6.48. The molecule has 0 unspecified atom stereocenters. The van der Waals surface area contributed by atoms with Crippen LogP contribution < -0.4 is 4.90 Å². The molecule has 0 amide bonds. The molecule has 2 saturated heterocycles. The summed E-state index contributed by atoms with van der Waals surface area (Å²) < 4.78 is 29.0. The SMILES string of the molecule is CC1(C)CCCN1S(=O)(=O)N1CCN(c2ccccn2)CC1. The smallest absolute Gasteiger partial charge is 0.282 e. The fraction of sp³-hybridized carbons (Fsp3) is 0.667. The predicted molar refractivity (Wildman–Crippen MR) is 87.0 cm³/mol. The van der Waals surface area contributed by atoms with Crippen LogP contribution in [-0.2, 0) is 10.2 Å². The van der Waals surface area contributed by atoms with Crippen molar-refractivity contribution in [1.82, 2.24) is 13.6 Å². The van der Waals surface area contributed by atoms with E-state index in [0.29, 0.717) is 32.7 Å². The van der Waals surface area contributed by atoms with Gasteiger partial charge in [0.1, 0.15) is 5.82 Å². The van der Waals surface area contributed by atoms with E-state index < -0.39 is 10.2 Å². The molecule has 0 aliphatic carbocycles. The van der Waals surface area contributed by atoms with Gasteiger partial charge in [0.25, 0.3) is 10.2 Å². The number of nitrogens with zero attached hydrogens (tertiary/aromatic N) is 4. The number of hydrogen-bond acceptors (Lipinski definition) is 4. The largest absolute Gasteiger partial charge is 0.354 e. The lowest BCUT2D eigenvalue weighted by Crippen LogP contribution is -2.56. The summed E-state index contributed by atoms with van der Waals surface area (Å²) in [6, 6.07) is 5.81. The highest BCUT2D eigenvalue weighted by molar-refractivity contribution is 7.86. The summed E-state index contributed by atoms with van der Waals surface area (Å²) >= 11 is 0. The zero-order chi connectivity index (χ0) is 15.8. The molecule has 0 spiro atoms. The Morgan fingerprint density at radius 1 is 1.09 bits per heavy atom. The van der Waals surface area contributed by atoms with Gasteiger partial charge in [-0.15, -0.1) is 0 Å². The second-order valence-corrected chi connectivity index (χ2v) is 8.42. The van der Waals surface area contributed by atoms with Crippen LogP contribution in [0.4, 0.5) is 5.82 Å². The minimum absolute atomic E-state index is 0.267. The maximum Gasteiger partial charge on any atom is 0.282 e. The van der Waals surface area contributed by atoms with Crippen LogP contribution in [0.15, 0.2) is 24.4 Å². The lowest BCUT2D eigenvalue weighted by molar-refractivity contribution is 0.257. The highest BCUT2D eigenvalue weighted by Crippen LogP contribution is 2.32. The van der Waals surface area contributed by atoms with Crippen LogP contribution in [0.25, 0.3) is 0 Å². The Morgan fingerprint density at radius 2 is 1.82 bits per heavy atom. The van der Waals surface area contributed by atoms with Gasteiger partial charge in [0, 0.05) is 44.5 Å². The van der Waals surface area contributed by atoms with Crippen molar-refractivity contribution in [2.45, 2.75) is 32.2 Å².